The lowest BCUT2D eigenvalue weighted by Crippen LogP contribution is -2.35. The Morgan fingerprint density at radius 2 is 1.89 bits per heavy atom. The molecule has 0 aliphatic rings. The quantitative estimate of drug-likeness (QED) is 0.701. The van der Waals surface area contributed by atoms with Crippen molar-refractivity contribution < 1.29 is 14.7 Å². The summed E-state index contributed by atoms with van der Waals surface area (Å²) >= 11 is 0.954. The van der Waals surface area contributed by atoms with Crippen LogP contribution in [0.15, 0.2) is 29.1 Å². The smallest absolute Gasteiger partial charge is 0.346 e. The van der Waals surface area contributed by atoms with Crippen molar-refractivity contribution in [3.8, 4) is 11.4 Å². The molecule has 0 fully saturated rings. The second-order valence-corrected chi connectivity index (χ2v) is 7.34. The van der Waals surface area contributed by atoms with Gasteiger partial charge in [-0.3, -0.25) is 14.2 Å². The number of fused-ring (bicyclic) bond motifs is 1. The van der Waals surface area contributed by atoms with Gasteiger partial charge in [0, 0.05) is 5.56 Å². The average Bonchev–Trinajstić information content (AvgIpc) is 2.95. The summed E-state index contributed by atoms with van der Waals surface area (Å²) in [5.74, 6) is -1.45. The van der Waals surface area contributed by atoms with Crippen molar-refractivity contribution in [3.63, 3.8) is 0 Å². The van der Waals surface area contributed by atoms with Crippen molar-refractivity contribution in [1.29, 1.82) is 0 Å². The van der Waals surface area contributed by atoms with Gasteiger partial charge in [0.1, 0.15) is 21.6 Å². The maximum absolute atomic E-state index is 13.3. The van der Waals surface area contributed by atoms with Crippen molar-refractivity contribution in [2.75, 3.05) is 0 Å². The van der Waals surface area contributed by atoms with Gasteiger partial charge in [-0.1, -0.05) is 36.8 Å². The van der Waals surface area contributed by atoms with Gasteiger partial charge in [-0.15, -0.1) is 11.3 Å². The number of hydrogen-bond donors (Lipinski definition) is 2. The van der Waals surface area contributed by atoms with Gasteiger partial charge in [-0.25, -0.2) is 9.78 Å². The molecular weight excluding hydrogens is 366 g/mol. The number of primary amides is 1. The van der Waals surface area contributed by atoms with Gasteiger partial charge in [-0.05, 0) is 25.8 Å². The normalized spacial score (nSPS) is 12.3. The Balaban J connectivity index is 2.45. The number of carboxylic acids is 1. The number of hydrogen-bond acceptors (Lipinski definition) is 5. The van der Waals surface area contributed by atoms with E-state index in [-0.39, 0.29) is 10.3 Å². The van der Waals surface area contributed by atoms with Gasteiger partial charge < -0.3 is 10.8 Å². The number of aromatic carboxylic acids is 1. The van der Waals surface area contributed by atoms with E-state index in [1.807, 2.05) is 31.2 Å². The molecule has 3 N–H and O–H groups in total. The fourth-order valence-electron chi connectivity index (χ4n) is 3.11. The Bertz CT molecular complexity index is 1110. The largest absolute Gasteiger partial charge is 0.477 e. The molecule has 0 aliphatic heterocycles. The summed E-state index contributed by atoms with van der Waals surface area (Å²) in [5, 5.41) is 9.60. The van der Waals surface area contributed by atoms with Gasteiger partial charge in [0.25, 0.3) is 5.56 Å². The number of carboxylic acid groups (broad SMARTS) is 1. The molecule has 1 unspecified atom stereocenters. The van der Waals surface area contributed by atoms with Crippen LogP contribution in [0.3, 0.4) is 0 Å². The number of aryl methyl sites for hydroxylation is 2. The highest BCUT2D eigenvalue weighted by molar-refractivity contribution is 7.20. The van der Waals surface area contributed by atoms with Gasteiger partial charge >= 0.3 is 5.97 Å². The zero-order valence-corrected chi connectivity index (χ0v) is 16.0. The lowest BCUT2D eigenvalue weighted by Gasteiger charge is -2.19. The van der Waals surface area contributed by atoms with E-state index in [4.69, 9.17) is 5.73 Å². The van der Waals surface area contributed by atoms with E-state index in [2.05, 4.69) is 4.98 Å². The van der Waals surface area contributed by atoms with Crippen LogP contribution in [0, 0.1) is 13.8 Å². The molecule has 1 aromatic carbocycles. The maximum atomic E-state index is 13.3. The fraction of sp³-hybridized carbons (Fsp3) is 0.263. The Morgan fingerprint density at radius 1 is 1.26 bits per heavy atom. The highest BCUT2D eigenvalue weighted by Crippen LogP contribution is 2.31. The summed E-state index contributed by atoms with van der Waals surface area (Å²) in [6.07, 6.45) is 0.316. The predicted octanol–water partition coefficient (Wildman–Crippen LogP) is 2.88. The van der Waals surface area contributed by atoms with Gasteiger partial charge in [0.05, 0.1) is 5.39 Å². The Hall–Kier alpha value is -3.00. The number of carbonyl (C=O) groups is 2. The first-order chi connectivity index (χ1) is 12.8. The number of amides is 1. The zero-order valence-electron chi connectivity index (χ0n) is 15.1. The first kappa shape index (κ1) is 18.8. The van der Waals surface area contributed by atoms with E-state index in [1.165, 1.54) is 4.57 Å². The Kier molecular flexibility index (Phi) is 4.84. The number of nitrogens with zero attached hydrogens (tertiary/aromatic N) is 2. The molecule has 0 bridgehead atoms. The molecule has 1 atom stereocenters. The second kappa shape index (κ2) is 6.96. The van der Waals surface area contributed by atoms with E-state index < -0.39 is 23.5 Å². The van der Waals surface area contributed by atoms with Crippen LogP contribution in [0.2, 0.25) is 0 Å². The van der Waals surface area contributed by atoms with Crippen molar-refractivity contribution in [2.24, 2.45) is 5.73 Å². The number of rotatable bonds is 5. The van der Waals surface area contributed by atoms with Crippen LogP contribution in [-0.2, 0) is 4.79 Å². The van der Waals surface area contributed by atoms with Gasteiger partial charge in [0.2, 0.25) is 5.91 Å². The Labute approximate surface area is 159 Å². The molecule has 0 aliphatic carbocycles. The van der Waals surface area contributed by atoms with E-state index in [9.17, 15) is 19.5 Å². The number of nitrogens with two attached hydrogens (primary N) is 1. The summed E-state index contributed by atoms with van der Waals surface area (Å²) in [4.78, 5) is 41.7. The molecule has 0 spiro atoms. The van der Waals surface area contributed by atoms with E-state index in [1.54, 1.807) is 13.8 Å². The van der Waals surface area contributed by atoms with Crippen LogP contribution >= 0.6 is 11.3 Å². The zero-order chi connectivity index (χ0) is 19.9. The van der Waals surface area contributed by atoms with E-state index in [0.717, 1.165) is 16.9 Å². The highest BCUT2D eigenvalue weighted by Gasteiger charge is 2.26. The van der Waals surface area contributed by atoms with Crippen molar-refractivity contribution in [3.05, 3.63) is 50.6 Å². The summed E-state index contributed by atoms with van der Waals surface area (Å²) in [7, 11) is 0. The molecule has 0 saturated carbocycles. The topological polar surface area (TPSA) is 115 Å². The van der Waals surface area contributed by atoms with E-state index in [0.29, 0.717) is 28.2 Å². The third kappa shape index (κ3) is 3.12. The van der Waals surface area contributed by atoms with Gasteiger partial charge in [-0.2, -0.15) is 0 Å². The van der Waals surface area contributed by atoms with Gasteiger partial charge in [0.15, 0.2) is 0 Å². The fourth-order valence-corrected chi connectivity index (χ4v) is 4.12. The second-order valence-electron chi connectivity index (χ2n) is 6.34. The predicted molar refractivity (Wildman–Crippen MR) is 104 cm³/mol. The average molecular weight is 385 g/mol. The number of benzene rings is 1. The molecule has 0 saturated heterocycles. The standard InChI is InChI=1S/C19H19N3O4S/c1-4-12(15(20)23)22-16(11-7-5-9(2)6-8-11)21-17-13(18(22)24)10(3)14(27-17)19(25)26/h5-8,12H,4H2,1-3H3,(H2,20,23)(H,25,26). The molecule has 3 rings (SSSR count). The molecule has 27 heavy (non-hydrogen) atoms. The first-order valence-corrected chi connectivity index (χ1v) is 9.23. The van der Waals surface area contributed by atoms with Crippen LogP contribution < -0.4 is 11.3 Å². The lowest BCUT2D eigenvalue weighted by molar-refractivity contribution is -0.121. The monoisotopic (exact) mass is 385 g/mol. The van der Waals surface area contributed by atoms with Crippen LogP contribution in [-0.4, -0.2) is 26.5 Å². The minimum atomic E-state index is -1.11. The van der Waals surface area contributed by atoms with Crippen LogP contribution in [0.1, 0.15) is 40.2 Å². The van der Waals surface area contributed by atoms with Crippen molar-refractivity contribution in [1.82, 2.24) is 9.55 Å². The number of thiophene rings is 1. The molecule has 3 aromatic rings. The molecule has 2 heterocycles. The summed E-state index contributed by atoms with van der Waals surface area (Å²) in [6.45, 7) is 5.27. The molecule has 2 aromatic heterocycles. The first-order valence-electron chi connectivity index (χ1n) is 8.41. The van der Waals surface area contributed by atoms with E-state index >= 15 is 0 Å². The Morgan fingerprint density at radius 3 is 2.41 bits per heavy atom. The summed E-state index contributed by atoms with van der Waals surface area (Å²) < 4.78 is 1.29. The molecular formula is C19H19N3O4S. The maximum Gasteiger partial charge on any atom is 0.346 e. The SMILES string of the molecule is CCC(C(N)=O)n1c(-c2ccc(C)cc2)nc2sc(C(=O)O)c(C)c2c1=O. The molecule has 0 radical (unpaired) electrons. The highest BCUT2D eigenvalue weighted by atomic mass is 32.1. The van der Waals surface area contributed by atoms with Crippen molar-refractivity contribution in [2.45, 2.75) is 33.2 Å². The summed E-state index contributed by atoms with van der Waals surface area (Å²) in [5.41, 5.74) is 7.12. The third-order valence-corrected chi connectivity index (χ3v) is 5.70. The number of carbonyl (C=O) groups excluding carboxylic acids is 1. The molecule has 7 nitrogen and oxygen atoms in total. The summed E-state index contributed by atoms with van der Waals surface area (Å²) in [6, 6.07) is 6.50. The molecule has 1 amide bonds. The van der Waals surface area contributed by atoms with Crippen molar-refractivity contribution >= 4 is 33.4 Å². The minimum absolute atomic E-state index is 0.0642. The van der Waals surface area contributed by atoms with Crippen LogP contribution in [0.5, 0.6) is 0 Å². The van der Waals surface area contributed by atoms with Crippen LogP contribution in [0.4, 0.5) is 0 Å². The molecule has 140 valence electrons. The third-order valence-electron chi connectivity index (χ3n) is 4.53. The minimum Gasteiger partial charge on any atom is -0.477 e. The number of aromatic nitrogens is 2. The molecule has 8 heteroatoms. The lowest BCUT2D eigenvalue weighted by atomic mass is 10.1. The van der Waals surface area contributed by atoms with Crippen LogP contribution in [0.25, 0.3) is 21.6 Å².